The van der Waals surface area contributed by atoms with E-state index in [1.807, 2.05) is 0 Å². The molecule has 1 atom stereocenters. The number of aliphatic hydroxyl groups is 1. The first kappa shape index (κ1) is 11.2. The van der Waals surface area contributed by atoms with Crippen LogP contribution in [0.2, 0.25) is 0 Å². The molecular formula is C13H17BrO. The van der Waals surface area contributed by atoms with Gasteiger partial charge in [0.1, 0.15) is 0 Å². The molecule has 0 heterocycles. The summed E-state index contributed by atoms with van der Waals surface area (Å²) in [6.45, 7) is 4.57. The topological polar surface area (TPSA) is 20.2 Å². The van der Waals surface area contributed by atoms with Gasteiger partial charge >= 0.3 is 0 Å². The number of hydrogen-bond donors (Lipinski definition) is 1. The Bertz CT molecular complexity index is 371. The van der Waals surface area contributed by atoms with Crippen molar-refractivity contribution in [2.75, 3.05) is 6.61 Å². The number of halogens is 1. The number of fused-ring (bicyclic) bond motifs is 1. The van der Waals surface area contributed by atoms with Gasteiger partial charge in [0.15, 0.2) is 0 Å². The van der Waals surface area contributed by atoms with E-state index in [2.05, 4.69) is 48.0 Å². The molecule has 2 heteroatoms. The van der Waals surface area contributed by atoms with Crippen molar-refractivity contribution in [1.29, 1.82) is 0 Å². The third-order valence-electron chi connectivity index (χ3n) is 3.61. The van der Waals surface area contributed by atoms with Crippen molar-refractivity contribution < 1.29 is 5.11 Å². The first-order valence-electron chi connectivity index (χ1n) is 5.41. The van der Waals surface area contributed by atoms with Crippen molar-refractivity contribution in [3.63, 3.8) is 0 Å². The quantitative estimate of drug-likeness (QED) is 0.874. The predicted molar refractivity (Wildman–Crippen MR) is 65.9 cm³/mol. The molecule has 0 saturated heterocycles. The first-order valence-corrected chi connectivity index (χ1v) is 6.20. The highest BCUT2D eigenvalue weighted by Crippen LogP contribution is 2.39. The first-order chi connectivity index (χ1) is 7.03. The Morgan fingerprint density at radius 2 is 2.00 bits per heavy atom. The van der Waals surface area contributed by atoms with E-state index in [0.717, 1.165) is 17.3 Å². The summed E-state index contributed by atoms with van der Waals surface area (Å²) in [6.07, 6.45) is 2.21. The lowest BCUT2D eigenvalue weighted by molar-refractivity contribution is 0.101. The zero-order chi connectivity index (χ0) is 11.1. The molecule has 82 valence electrons. The fourth-order valence-corrected chi connectivity index (χ4v) is 2.68. The van der Waals surface area contributed by atoms with E-state index in [-0.39, 0.29) is 12.0 Å². The molecule has 0 saturated carbocycles. The summed E-state index contributed by atoms with van der Waals surface area (Å²) in [6, 6.07) is 6.52. The summed E-state index contributed by atoms with van der Waals surface area (Å²) in [4.78, 5) is 0. The minimum atomic E-state index is 0.0332. The molecule has 1 aliphatic carbocycles. The highest BCUT2D eigenvalue weighted by Gasteiger charge is 2.33. The largest absolute Gasteiger partial charge is 0.396 e. The molecule has 1 aliphatic rings. The normalized spacial score (nSPS) is 20.4. The predicted octanol–water partition coefficient (Wildman–Crippen LogP) is 3.18. The molecule has 1 aromatic rings. The van der Waals surface area contributed by atoms with Crippen LogP contribution in [-0.2, 0) is 12.8 Å². The van der Waals surface area contributed by atoms with E-state index >= 15 is 0 Å². The zero-order valence-corrected chi connectivity index (χ0v) is 10.8. The number of rotatable bonds is 2. The van der Waals surface area contributed by atoms with Gasteiger partial charge in [0.2, 0.25) is 0 Å². The van der Waals surface area contributed by atoms with Gasteiger partial charge in [-0.15, -0.1) is 0 Å². The monoisotopic (exact) mass is 268 g/mol. The molecule has 0 aromatic heterocycles. The Labute approximate surface area is 99.6 Å². The van der Waals surface area contributed by atoms with Gasteiger partial charge in [-0.2, -0.15) is 0 Å². The third-order valence-corrected chi connectivity index (χ3v) is 4.11. The van der Waals surface area contributed by atoms with Gasteiger partial charge in [-0.25, -0.2) is 0 Å². The minimum Gasteiger partial charge on any atom is -0.396 e. The van der Waals surface area contributed by atoms with Crippen molar-refractivity contribution >= 4 is 15.9 Å². The molecule has 0 fully saturated rings. The summed E-state index contributed by atoms with van der Waals surface area (Å²) in [7, 11) is 0. The van der Waals surface area contributed by atoms with E-state index in [9.17, 15) is 5.11 Å². The molecule has 0 bridgehead atoms. The van der Waals surface area contributed by atoms with Crippen molar-refractivity contribution in [2.24, 2.45) is 11.3 Å². The molecule has 0 radical (unpaired) electrons. The smallest absolute Gasteiger partial charge is 0.0485 e. The fraction of sp³-hybridized carbons (Fsp3) is 0.538. The maximum Gasteiger partial charge on any atom is 0.0485 e. The van der Waals surface area contributed by atoms with Crippen LogP contribution in [-0.4, -0.2) is 11.7 Å². The van der Waals surface area contributed by atoms with E-state index in [4.69, 9.17) is 0 Å². The summed E-state index contributed by atoms with van der Waals surface area (Å²) >= 11 is 3.50. The summed E-state index contributed by atoms with van der Waals surface area (Å²) in [5.74, 6) is 0.576. The van der Waals surface area contributed by atoms with E-state index in [1.54, 1.807) is 0 Å². The molecule has 0 amide bonds. The summed E-state index contributed by atoms with van der Waals surface area (Å²) < 4.78 is 1.16. The highest BCUT2D eigenvalue weighted by molar-refractivity contribution is 9.10. The van der Waals surface area contributed by atoms with Gasteiger partial charge in [0.25, 0.3) is 0 Å². The van der Waals surface area contributed by atoms with E-state index in [1.165, 1.54) is 11.1 Å². The summed E-state index contributed by atoms with van der Waals surface area (Å²) in [5, 5.41) is 9.38. The molecule has 15 heavy (non-hydrogen) atoms. The molecule has 2 rings (SSSR count). The lowest BCUT2D eigenvalue weighted by Gasteiger charge is -2.29. The van der Waals surface area contributed by atoms with Crippen molar-refractivity contribution in [3.8, 4) is 0 Å². The number of aliphatic hydroxyl groups excluding tert-OH is 1. The summed E-state index contributed by atoms with van der Waals surface area (Å²) in [5.41, 5.74) is 2.92. The van der Waals surface area contributed by atoms with Crippen molar-refractivity contribution in [2.45, 2.75) is 26.7 Å². The van der Waals surface area contributed by atoms with Gasteiger partial charge < -0.3 is 5.11 Å². The third kappa shape index (κ3) is 2.11. The maximum absolute atomic E-state index is 9.38. The fourth-order valence-electron chi connectivity index (χ4n) is 2.27. The SMILES string of the molecule is CC(C)(CO)C1Cc2ccc(Br)cc2C1. The Balaban J connectivity index is 2.22. The Hall–Kier alpha value is -0.340. The van der Waals surface area contributed by atoms with Gasteiger partial charge in [-0.05, 0) is 47.4 Å². The van der Waals surface area contributed by atoms with Crippen LogP contribution in [0, 0.1) is 11.3 Å². The molecule has 1 nitrogen and oxygen atoms in total. The van der Waals surface area contributed by atoms with Crippen LogP contribution in [0.1, 0.15) is 25.0 Å². The van der Waals surface area contributed by atoms with Crippen LogP contribution in [0.4, 0.5) is 0 Å². The Morgan fingerprint density at radius 1 is 1.33 bits per heavy atom. The highest BCUT2D eigenvalue weighted by atomic mass is 79.9. The standard InChI is InChI=1S/C13H17BrO/c1-13(2,8-15)11-5-9-3-4-12(14)7-10(9)6-11/h3-4,7,11,15H,5-6,8H2,1-2H3. The zero-order valence-electron chi connectivity index (χ0n) is 9.26. The maximum atomic E-state index is 9.38. The minimum absolute atomic E-state index is 0.0332. The number of benzene rings is 1. The second kappa shape index (κ2) is 3.91. The van der Waals surface area contributed by atoms with Gasteiger partial charge in [0.05, 0.1) is 0 Å². The van der Waals surface area contributed by atoms with Crippen LogP contribution >= 0.6 is 15.9 Å². The van der Waals surface area contributed by atoms with Gasteiger partial charge in [-0.1, -0.05) is 35.8 Å². The number of hydrogen-bond acceptors (Lipinski definition) is 1. The Morgan fingerprint density at radius 3 is 2.67 bits per heavy atom. The average Bonchev–Trinajstić information content (AvgIpc) is 2.61. The molecule has 0 aliphatic heterocycles. The van der Waals surface area contributed by atoms with Crippen LogP contribution in [0.3, 0.4) is 0 Å². The van der Waals surface area contributed by atoms with Crippen molar-refractivity contribution in [3.05, 3.63) is 33.8 Å². The van der Waals surface area contributed by atoms with E-state index < -0.39 is 0 Å². The molecule has 1 unspecified atom stereocenters. The Kier molecular flexibility index (Phi) is 2.91. The van der Waals surface area contributed by atoms with Crippen LogP contribution < -0.4 is 0 Å². The lowest BCUT2D eigenvalue weighted by Crippen LogP contribution is -2.28. The van der Waals surface area contributed by atoms with Crippen LogP contribution in [0.15, 0.2) is 22.7 Å². The lowest BCUT2D eigenvalue weighted by atomic mass is 9.78. The van der Waals surface area contributed by atoms with Crippen molar-refractivity contribution in [1.82, 2.24) is 0 Å². The van der Waals surface area contributed by atoms with E-state index in [0.29, 0.717) is 5.92 Å². The second-order valence-corrected chi connectivity index (χ2v) is 6.08. The second-order valence-electron chi connectivity index (χ2n) is 5.16. The molecule has 1 N–H and O–H groups in total. The molecule has 1 aromatic carbocycles. The van der Waals surface area contributed by atoms with Gasteiger partial charge in [0, 0.05) is 11.1 Å². The van der Waals surface area contributed by atoms with Crippen LogP contribution in [0.5, 0.6) is 0 Å². The van der Waals surface area contributed by atoms with Crippen LogP contribution in [0.25, 0.3) is 0 Å². The molecular weight excluding hydrogens is 252 g/mol. The van der Waals surface area contributed by atoms with Gasteiger partial charge in [-0.3, -0.25) is 0 Å². The average molecular weight is 269 g/mol. The molecule has 0 spiro atoms.